The molecule has 0 spiro atoms. The highest BCUT2D eigenvalue weighted by Gasteiger charge is 2.21. The van der Waals surface area contributed by atoms with E-state index < -0.39 is 0 Å². The van der Waals surface area contributed by atoms with Crippen LogP contribution in [-0.2, 0) is 11.2 Å². The number of likely N-dealkylation sites (N-methyl/N-ethyl adjacent to an activating group) is 2. The van der Waals surface area contributed by atoms with Crippen molar-refractivity contribution in [3.63, 3.8) is 0 Å². The minimum Gasteiger partial charge on any atom is -0.383 e. The molecule has 0 aliphatic rings. The maximum atomic E-state index is 13.1. The number of rotatable bonds is 15. The van der Waals surface area contributed by atoms with Crippen LogP contribution in [0.2, 0.25) is 0 Å². The van der Waals surface area contributed by atoms with Crippen LogP contribution < -0.4 is 10.2 Å². The van der Waals surface area contributed by atoms with Crippen LogP contribution in [0.15, 0.2) is 30.5 Å². The molecule has 1 aromatic carbocycles. The van der Waals surface area contributed by atoms with Gasteiger partial charge < -0.3 is 24.8 Å². The fraction of sp³-hybridized carbons (Fsp3) is 0.577. The summed E-state index contributed by atoms with van der Waals surface area (Å²) in [5.41, 5.74) is 2.33. The number of ether oxygens (including phenoxy) is 1. The normalized spacial score (nSPS) is 12.5. The first-order valence-electron chi connectivity index (χ1n) is 12.6. The Balaban J connectivity index is 1.64. The molecular formula is C26H41N7O2. The number of nitrogens with zero attached hydrogens (tertiary/aromatic N) is 4. The Morgan fingerprint density at radius 2 is 1.97 bits per heavy atom. The van der Waals surface area contributed by atoms with Gasteiger partial charge in [0.1, 0.15) is 0 Å². The van der Waals surface area contributed by atoms with Gasteiger partial charge in [-0.1, -0.05) is 32.0 Å². The third-order valence-corrected chi connectivity index (χ3v) is 6.35. The molecule has 1 atom stereocenters. The van der Waals surface area contributed by atoms with Crippen LogP contribution in [0.5, 0.6) is 0 Å². The molecule has 0 aliphatic heterocycles. The standard InChI is InChI=1S/C26H41N7O2/c1-6-33(14-13-32(4)15-16-35-5)26-29-24(30-31-26)25(34)28-21(12-11-19(2)3)17-20-18-27-23-10-8-7-9-22(20)23/h7-10,18-19,21,27H,6,11-17H2,1-5H3,(H,28,34)(H,29,30,31). The Labute approximate surface area is 208 Å². The number of nitrogens with one attached hydrogen (secondary N) is 3. The van der Waals surface area contributed by atoms with Gasteiger partial charge in [0.05, 0.1) is 6.61 Å². The predicted molar refractivity (Wildman–Crippen MR) is 141 cm³/mol. The first-order valence-corrected chi connectivity index (χ1v) is 12.6. The number of hydrogen-bond acceptors (Lipinski definition) is 6. The lowest BCUT2D eigenvalue weighted by Crippen LogP contribution is -2.37. The van der Waals surface area contributed by atoms with Crippen molar-refractivity contribution < 1.29 is 9.53 Å². The monoisotopic (exact) mass is 483 g/mol. The lowest BCUT2D eigenvalue weighted by atomic mass is 9.97. The van der Waals surface area contributed by atoms with E-state index in [0.717, 1.165) is 51.0 Å². The molecule has 0 bridgehead atoms. The molecule has 1 unspecified atom stereocenters. The topological polar surface area (TPSA) is 102 Å². The summed E-state index contributed by atoms with van der Waals surface area (Å²) in [7, 11) is 3.77. The van der Waals surface area contributed by atoms with E-state index in [1.54, 1.807) is 7.11 Å². The fourth-order valence-electron chi connectivity index (χ4n) is 4.13. The minimum atomic E-state index is -0.217. The van der Waals surface area contributed by atoms with Crippen molar-refractivity contribution >= 4 is 22.8 Å². The van der Waals surface area contributed by atoms with Crippen LogP contribution in [0.4, 0.5) is 5.95 Å². The number of para-hydroxylation sites is 1. The summed E-state index contributed by atoms with van der Waals surface area (Å²) >= 11 is 0. The Bertz CT molecular complexity index is 1050. The molecule has 2 aromatic heterocycles. The molecule has 3 rings (SSSR count). The highest BCUT2D eigenvalue weighted by atomic mass is 16.5. The predicted octanol–water partition coefficient (Wildman–Crippen LogP) is 3.47. The number of H-pyrrole nitrogens is 2. The molecule has 9 heteroatoms. The molecule has 2 heterocycles. The second-order valence-corrected chi connectivity index (χ2v) is 9.56. The number of carbonyl (C=O) groups is 1. The summed E-state index contributed by atoms with van der Waals surface area (Å²) in [6.45, 7) is 10.4. The Hall–Kier alpha value is -2.91. The number of aromatic amines is 2. The summed E-state index contributed by atoms with van der Waals surface area (Å²) in [6.07, 6.45) is 4.75. The lowest BCUT2D eigenvalue weighted by Gasteiger charge is -2.23. The van der Waals surface area contributed by atoms with E-state index in [0.29, 0.717) is 18.5 Å². The molecule has 1 amide bonds. The number of carbonyl (C=O) groups excluding carboxylic acids is 1. The first-order chi connectivity index (χ1) is 16.9. The van der Waals surface area contributed by atoms with E-state index in [4.69, 9.17) is 4.74 Å². The maximum absolute atomic E-state index is 13.1. The van der Waals surface area contributed by atoms with Crippen LogP contribution in [0.1, 0.15) is 49.8 Å². The van der Waals surface area contributed by atoms with Crippen molar-refractivity contribution in [2.24, 2.45) is 5.92 Å². The Kier molecular flexibility index (Phi) is 10.1. The van der Waals surface area contributed by atoms with Gasteiger partial charge in [0.2, 0.25) is 11.8 Å². The van der Waals surface area contributed by atoms with E-state index in [1.807, 2.05) is 12.1 Å². The maximum Gasteiger partial charge on any atom is 0.288 e. The molecule has 0 saturated carbocycles. The van der Waals surface area contributed by atoms with Gasteiger partial charge in [-0.05, 0) is 50.8 Å². The Morgan fingerprint density at radius 1 is 1.17 bits per heavy atom. The van der Waals surface area contributed by atoms with Crippen LogP contribution >= 0.6 is 0 Å². The zero-order chi connectivity index (χ0) is 25.2. The molecule has 3 aromatic rings. The van der Waals surface area contributed by atoms with Gasteiger partial charge in [0, 0.05) is 56.4 Å². The quantitative estimate of drug-likeness (QED) is 0.306. The summed E-state index contributed by atoms with van der Waals surface area (Å²) in [5.74, 6) is 1.15. The van der Waals surface area contributed by atoms with Gasteiger partial charge in [-0.25, -0.2) is 0 Å². The number of benzene rings is 1. The third kappa shape index (κ3) is 7.80. The van der Waals surface area contributed by atoms with Crippen molar-refractivity contribution in [1.29, 1.82) is 0 Å². The van der Waals surface area contributed by atoms with Gasteiger partial charge in [-0.15, -0.1) is 5.10 Å². The van der Waals surface area contributed by atoms with Crippen LogP contribution in [0, 0.1) is 5.92 Å². The average Bonchev–Trinajstić information content (AvgIpc) is 3.49. The van der Waals surface area contributed by atoms with Gasteiger partial charge in [-0.3, -0.25) is 9.89 Å². The van der Waals surface area contributed by atoms with Gasteiger partial charge in [-0.2, -0.15) is 4.98 Å². The molecule has 35 heavy (non-hydrogen) atoms. The molecule has 0 saturated heterocycles. The van der Waals surface area contributed by atoms with E-state index in [9.17, 15) is 4.79 Å². The molecule has 3 N–H and O–H groups in total. The van der Waals surface area contributed by atoms with E-state index in [-0.39, 0.29) is 17.8 Å². The van der Waals surface area contributed by atoms with E-state index in [1.165, 1.54) is 10.9 Å². The van der Waals surface area contributed by atoms with Crippen LogP contribution in [0.3, 0.4) is 0 Å². The second kappa shape index (κ2) is 13.3. The van der Waals surface area contributed by atoms with Crippen LogP contribution in [-0.4, -0.2) is 84.0 Å². The van der Waals surface area contributed by atoms with Crippen LogP contribution in [0.25, 0.3) is 10.9 Å². The number of amides is 1. The fourth-order valence-corrected chi connectivity index (χ4v) is 4.13. The summed E-state index contributed by atoms with van der Waals surface area (Å²) < 4.78 is 5.14. The Morgan fingerprint density at radius 3 is 2.71 bits per heavy atom. The van der Waals surface area contributed by atoms with Crippen molar-refractivity contribution in [2.75, 3.05) is 51.8 Å². The number of anilines is 1. The molecule has 0 fully saturated rings. The van der Waals surface area contributed by atoms with Crippen molar-refractivity contribution in [1.82, 2.24) is 30.4 Å². The van der Waals surface area contributed by atoms with Crippen molar-refractivity contribution in [3.05, 3.63) is 41.9 Å². The molecule has 0 aliphatic carbocycles. The number of fused-ring (bicyclic) bond motifs is 1. The minimum absolute atomic E-state index is 0.00867. The van der Waals surface area contributed by atoms with Crippen molar-refractivity contribution in [2.45, 2.75) is 46.1 Å². The second-order valence-electron chi connectivity index (χ2n) is 9.56. The largest absolute Gasteiger partial charge is 0.383 e. The highest BCUT2D eigenvalue weighted by Crippen LogP contribution is 2.21. The smallest absolute Gasteiger partial charge is 0.288 e. The third-order valence-electron chi connectivity index (χ3n) is 6.35. The van der Waals surface area contributed by atoms with Gasteiger partial charge in [0.15, 0.2) is 0 Å². The number of hydrogen-bond donors (Lipinski definition) is 3. The lowest BCUT2D eigenvalue weighted by molar-refractivity contribution is 0.0923. The zero-order valence-electron chi connectivity index (χ0n) is 21.8. The summed E-state index contributed by atoms with van der Waals surface area (Å²) in [6, 6.07) is 8.28. The number of aromatic nitrogens is 4. The van der Waals surface area contributed by atoms with Crippen molar-refractivity contribution in [3.8, 4) is 0 Å². The average molecular weight is 484 g/mol. The van der Waals surface area contributed by atoms with Gasteiger partial charge >= 0.3 is 0 Å². The number of methoxy groups -OCH3 is 1. The molecule has 0 radical (unpaired) electrons. The van der Waals surface area contributed by atoms with Gasteiger partial charge in [0.25, 0.3) is 5.91 Å². The molecule has 192 valence electrons. The highest BCUT2D eigenvalue weighted by molar-refractivity contribution is 5.91. The molecule has 9 nitrogen and oxygen atoms in total. The summed E-state index contributed by atoms with van der Waals surface area (Å²) in [4.78, 5) is 25.2. The SMILES string of the molecule is CCN(CCN(C)CCOC)c1n[nH]c(C(=O)NC(CCC(C)C)Cc2c[nH]c3ccccc23)n1. The summed E-state index contributed by atoms with van der Waals surface area (Å²) in [5, 5.41) is 11.6. The zero-order valence-corrected chi connectivity index (χ0v) is 21.8. The van der Waals surface area contributed by atoms with E-state index in [2.05, 4.69) is 81.4 Å². The molecular weight excluding hydrogens is 442 g/mol. The first kappa shape index (κ1) is 26.7. The van der Waals surface area contributed by atoms with E-state index >= 15 is 0 Å².